The lowest BCUT2D eigenvalue weighted by Gasteiger charge is -2.43. The Morgan fingerprint density at radius 3 is 1.96 bits per heavy atom. The van der Waals surface area contributed by atoms with Gasteiger partial charge in [0.15, 0.2) is 12.2 Å². The first-order chi connectivity index (χ1) is 22.8. The van der Waals surface area contributed by atoms with Gasteiger partial charge in [-0.25, -0.2) is 0 Å². The molecular weight excluding hydrogens is 632 g/mol. The summed E-state index contributed by atoms with van der Waals surface area (Å²) in [5, 5.41) is 4.28. The summed E-state index contributed by atoms with van der Waals surface area (Å²) in [6, 6.07) is 26.9. The number of hydrogen-bond acceptors (Lipinski definition) is 9. The molecule has 12 heteroatoms. The van der Waals surface area contributed by atoms with Gasteiger partial charge in [0.05, 0.1) is 13.7 Å². The average Bonchev–Trinajstić information content (AvgIpc) is 3.31. The Bertz CT molecular complexity index is 1590. The zero-order valence-electron chi connectivity index (χ0n) is 28.1. The maximum atomic E-state index is 14.4. The molecule has 0 saturated carbocycles. The maximum Gasteiger partial charge on any atom is 0.303 e. The van der Waals surface area contributed by atoms with Crippen LogP contribution in [0.3, 0.4) is 0 Å². The van der Waals surface area contributed by atoms with Crippen LogP contribution in [0.4, 0.5) is 0 Å². The summed E-state index contributed by atoms with van der Waals surface area (Å²) in [6.45, 7) is 8.39. The van der Waals surface area contributed by atoms with E-state index in [-0.39, 0.29) is 19.7 Å². The van der Waals surface area contributed by atoms with Crippen LogP contribution in [0.5, 0.6) is 5.75 Å². The zero-order chi connectivity index (χ0) is 34.7. The molecule has 4 atom stereocenters. The minimum absolute atomic E-state index is 0.0651. The lowest BCUT2D eigenvalue weighted by Crippen LogP contribution is -2.71. The van der Waals surface area contributed by atoms with E-state index in [0.717, 1.165) is 15.9 Å². The van der Waals surface area contributed by atoms with Crippen molar-refractivity contribution >= 4 is 42.4 Å². The van der Waals surface area contributed by atoms with E-state index in [2.05, 4.69) is 26.1 Å². The number of carbonyl (C=O) groups excluding carboxylic acids is 4. The molecule has 0 bridgehead atoms. The Morgan fingerprint density at radius 2 is 1.46 bits per heavy atom. The van der Waals surface area contributed by atoms with Crippen molar-refractivity contribution in [2.24, 2.45) is 0 Å². The van der Waals surface area contributed by atoms with Crippen LogP contribution in [0.25, 0.3) is 0 Å². The van der Waals surface area contributed by atoms with Crippen LogP contribution in [0.2, 0.25) is 5.04 Å². The molecule has 2 heterocycles. The molecule has 3 aromatic rings. The van der Waals surface area contributed by atoms with Gasteiger partial charge in [0, 0.05) is 20.4 Å². The molecule has 2 aliphatic heterocycles. The number of hydrogen-bond donors (Lipinski definition) is 1. The molecular formula is C36H42N2O9Si. The summed E-state index contributed by atoms with van der Waals surface area (Å²) in [6.07, 6.45) is -3.89. The van der Waals surface area contributed by atoms with Crippen molar-refractivity contribution in [1.82, 2.24) is 10.2 Å². The summed E-state index contributed by atoms with van der Waals surface area (Å²) in [5.41, 5.74) is -1.44. The molecule has 5 rings (SSSR count). The first kappa shape index (κ1) is 34.8. The van der Waals surface area contributed by atoms with E-state index in [1.807, 2.05) is 60.7 Å². The highest BCUT2D eigenvalue weighted by Gasteiger charge is 2.67. The molecule has 2 aliphatic rings. The van der Waals surface area contributed by atoms with Crippen molar-refractivity contribution in [1.29, 1.82) is 0 Å². The highest BCUT2D eigenvalue weighted by atomic mass is 28.4. The predicted octanol–water partition coefficient (Wildman–Crippen LogP) is 2.69. The minimum atomic E-state index is -3.13. The number of carbonyl (C=O) groups is 4. The largest absolute Gasteiger partial charge is 0.497 e. The molecule has 1 spiro atoms. The summed E-state index contributed by atoms with van der Waals surface area (Å²) in [4.78, 5) is 54.0. The van der Waals surface area contributed by atoms with Crippen LogP contribution in [0.1, 0.15) is 40.2 Å². The van der Waals surface area contributed by atoms with Gasteiger partial charge in [-0.1, -0.05) is 93.6 Å². The summed E-state index contributed by atoms with van der Waals surface area (Å²) >= 11 is 0. The first-order valence-corrected chi connectivity index (χ1v) is 17.7. The van der Waals surface area contributed by atoms with Gasteiger partial charge in [-0.2, -0.15) is 0 Å². The lowest BCUT2D eigenvalue weighted by molar-refractivity contribution is -0.192. The average molecular weight is 675 g/mol. The molecule has 0 radical (unpaired) electrons. The summed E-state index contributed by atoms with van der Waals surface area (Å²) in [5.74, 6) is -1.97. The van der Waals surface area contributed by atoms with Crippen molar-refractivity contribution in [3.63, 3.8) is 0 Å². The van der Waals surface area contributed by atoms with Crippen molar-refractivity contribution < 1.29 is 42.6 Å². The molecule has 1 N–H and O–H groups in total. The van der Waals surface area contributed by atoms with E-state index in [9.17, 15) is 19.2 Å². The fourth-order valence-electron chi connectivity index (χ4n) is 6.69. The quantitative estimate of drug-likeness (QED) is 0.255. The van der Waals surface area contributed by atoms with Crippen LogP contribution in [-0.2, 0) is 44.4 Å². The Morgan fingerprint density at radius 1 is 0.896 bits per heavy atom. The fourth-order valence-corrected chi connectivity index (χ4v) is 11.3. The molecule has 2 saturated heterocycles. The Balaban J connectivity index is 1.56. The highest BCUT2D eigenvalue weighted by molar-refractivity contribution is 6.99. The van der Waals surface area contributed by atoms with E-state index in [1.54, 1.807) is 31.4 Å². The molecule has 0 aliphatic carbocycles. The number of methoxy groups -OCH3 is 1. The molecule has 11 nitrogen and oxygen atoms in total. The van der Waals surface area contributed by atoms with Gasteiger partial charge < -0.3 is 33.6 Å². The monoisotopic (exact) mass is 674 g/mol. The van der Waals surface area contributed by atoms with Crippen molar-refractivity contribution in [3.8, 4) is 5.75 Å². The summed E-state index contributed by atoms with van der Waals surface area (Å²) in [7, 11) is -1.57. The van der Waals surface area contributed by atoms with Gasteiger partial charge in [-0.15, -0.1) is 0 Å². The van der Waals surface area contributed by atoms with Gasteiger partial charge in [-0.05, 0) is 33.1 Å². The van der Waals surface area contributed by atoms with Gasteiger partial charge in [0.2, 0.25) is 5.91 Å². The van der Waals surface area contributed by atoms with Crippen molar-refractivity contribution in [3.05, 3.63) is 90.5 Å². The Hall–Kier alpha value is -4.52. The number of esters is 2. The lowest BCUT2D eigenvalue weighted by atomic mass is 9.98. The van der Waals surface area contributed by atoms with Crippen LogP contribution >= 0.6 is 0 Å². The maximum absolute atomic E-state index is 14.4. The second-order valence-corrected chi connectivity index (χ2v) is 17.3. The fraction of sp³-hybridized carbons (Fsp3) is 0.389. The second-order valence-electron chi connectivity index (χ2n) is 13.0. The molecule has 48 heavy (non-hydrogen) atoms. The number of nitrogens with one attached hydrogen (secondary N) is 1. The SMILES string of the molecule is COc1ccc(CN2CC(=O)N[C@@]3(O[C@H](CO[Si](c4ccccc4)(c4ccccc4)C(C)(C)C)[C@H](OC(C)=O)[C@H]3OC(C)=O)C2=O)cc1. The number of nitrogens with zero attached hydrogens (tertiary/aromatic N) is 1. The molecule has 0 aromatic heterocycles. The second kappa shape index (κ2) is 13.9. The van der Waals surface area contributed by atoms with E-state index >= 15 is 0 Å². The summed E-state index contributed by atoms with van der Waals surface area (Å²) < 4.78 is 30.3. The molecule has 3 aromatic carbocycles. The number of piperazine rings is 1. The van der Waals surface area contributed by atoms with Gasteiger partial charge in [-0.3, -0.25) is 19.2 Å². The highest BCUT2D eigenvalue weighted by Crippen LogP contribution is 2.41. The van der Waals surface area contributed by atoms with Crippen molar-refractivity contribution in [2.75, 3.05) is 20.3 Å². The molecule has 2 fully saturated rings. The molecule has 254 valence electrons. The third-order valence-corrected chi connectivity index (χ3v) is 13.7. The van der Waals surface area contributed by atoms with Gasteiger partial charge in [0.1, 0.15) is 18.4 Å². The molecule has 0 unspecified atom stereocenters. The van der Waals surface area contributed by atoms with Gasteiger partial charge in [0.25, 0.3) is 19.9 Å². The molecule has 2 amide bonds. The van der Waals surface area contributed by atoms with E-state index < -0.39 is 61.1 Å². The predicted molar refractivity (Wildman–Crippen MR) is 179 cm³/mol. The number of ether oxygens (including phenoxy) is 4. The van der Waals surface area contributed by atoms with Crippen LogP contribution in [0, 0.1) is 0 Å². The van der Waals surface area contributed by atoms with Crippen LogP contribution < -0.4 is 20.4 Å². The minimum Gasteiger partial charge on any atom is -0.497 e. The van der Waals surface area contributed by atoms with E-state index in [0.29, 0.717) is 5.75 Å². The number of benzene rings is 3. The van der Waals surface area contributed by atoms with E-state index in [4.69, 9.17) is 23.4 Å². The third-order valence-electron chi connectivity index (χ3n) is 8.68. The van der Waals surface area contributed by atoms with E-state index in [1.165, 1.54) is 18.7 Å². The zero-order valence-corrected chi connectivity index (χ0v) is 29.1. The van der Waals surface area contributed by atoms with Crippen LogP contribution in [-0.4, -0.2) is 81.3 Å². The first-order valence-electron chi connectivity index (χ1n) is 15.8. The topological polar surface area (TPSA) is 130 Å². The van der Waals surface area contributed by atoms with Crippen LogP contribution in [0.15, 0.2) is 84.9 Å². The van der Waals surface area contributed by atoms with Gasteiger partial charge >= 0.3 is 11.9 Å². The number of amides is 2. The smallest absolute Gasteiger partial charge is 0.303 e. The number of rotatable bonds is 10. The standard InChI is InChI=1S/C36H42N2O9Si/c1-24(39)45-32-30(23-44-48(35(3,4)5,28-13-9-7-10-14-28)29-15-11-8-12-16-29)47-36(33(32)46-25(2)40)34(42)38(22-31(41)37-36)21-26-17-19-27(43-6)20-18-26/h7-20,30,32-33H,21-23H2,1-6H3,(H,37,41)/t30-,32+,33-,36+/m1/s1. The Labute approximate surface area is 281 Å². The normalized spacial score (nSPS) is 22.7. The third kappa shape index (κ3) is 6.73. The Kier molecular flexibility index (Phi) is 10.1. The van der Waals surface area contributed by atoms with Crippen molar-refractivity contribution in [2.45, 2.75) is 70.2 Å².